The predicted molar refractivity (Wildman–Crippen MR) is 79.4 cm³/mol. The molecule has 0 heterocycles. The molecule has 21 heavy (non-hydrogen) atoms. The Morgan fingerprint density at radius 2 is 2.00 bits per heavy atom. The van der Waals surface area contributed by atoms with Crippen LogP contribution in [0, 0.1) is 5.92 Å². The molecule has 2 atom stereocenters. The third-order valence-corrected chi connectivity index (χ3v) is 3.99. The van der Waals surface area contributed by atoms with E-state index in [0.29, 0.717) is 6.42 Å². The van der Waals surface area contributed by atoms with Crippen molar-refractivity contribution in [3.05, 3.63) is 35.9 Å². The van der Waals surface area contributed by atoms with E-state index in [1.165, 1.54) is 7.11 Å². The molecule has 0 spiro atoms. The quantitative estimate of drug-likeness (QED) is 0.766. The van der Waals surface area contributed by atoms with E-state index in [0.717, 1.165) is 18.4 Å². The van der Waals surface area contributed by atoms with Gasteiger partial charge in [-0.15, -0.1) is 0 Å². The molecular weight excluding hydrogens is 268 g/mol. The van der Waals surface area contributed by atoms with Gasteiger partial charge in [0.15, 0.2) is 0 Å². The van der Waals surface area contributed by atoms with E-state index in [2.05, 4.69) is 5.32 Å². The van der Waals surface area contributed by atoms with Crippen LogP contribution >= 0.6 is 0 Å². The molecule has 114 valence electrons. The van der Waals surface area contributed by atoms with Crippen LogP contribution < -0.4 is 11.1 Å². The highest BCUT2D eigenvalue weighted by molar-refractivity contribution is 5.90. The van der Waals surface area contributed by atoms with Crippen LogP contribution in [0.1, 0.15) is 25.3 Å². The number of esters is 1. The average molecular weight is 290 g/mol. The van der Waals surface area contributed by atoms with Crippen molar-refractivity contribution in [1.82, 2.24) is 5.32 Å². The number of carbonyl (C=O) groups excluding carboxylic acids is 2. The molecule has 2 rings (SSSR count). The number of amides is 1. The van der Waals surface area contributed by atoms with Crippen LogP contribution in [-0.4, -0.2) is 30.6 Å². The summed E-state index contributed by atoms with van der Waals surface area (Å²) < 4.78 is 4.78. The summed E-state index contributed by atoms with van der Waals surface area (Å²) in [5, 5.41) is 2.74. The molecule has 5 nitrogen and oxygen atoms in total. The molecule has 3 N–H and O–H groups in total. The smallest absolute Gasteiger partial charge is 0.328 e. The van der Waals surface area contributed by atoms with Crippen LogP contribution in [0.15, 0.2) is 30.3 Å². The number of rotatable bonds is 6. The molecule has 1 aliphatic rings. The zero-order valence-corrected chi connectivity index (χ0v) is 12.5. The van der Waals surface area contributed by atoms with E-state index in [1.807, 2.05) is 30.3 Å². The van der Waals surface area contributed by atoms with Gasteiger partial charge in [0, 0.05) is 6.42 Å². The zero-order chi connectivity index (χ0) is 15.5. The number of hydrogen-bond acceptors (Lipinski definition) is 4. The SMILES string of the molecule is COC(=O)C(Cc1ccccc1)NC(=O)C(C)(N)C1CC1. The lowest BCUT2D eigenvalue weighted by Gasteiger charge is -2.26. The highest BCUT2D eigenvalue weighted by Crippen LogP contribution is 2.38. The van der Waals surface area contributed by atoms with E-state index in [9.17, 15) is 9.59 Å². The monoisotopic (exact) mass is 290 g/mol. The fourth-order valence-corrected chi connectivity index (χ4v) is 2.37. The lowest BCUT2D eigenvalue weighted by atomic mass is 9.95. The van der Waals surface area contributed by atoms with Crippen molar-refractivity contribution in [2.45, 2.75) is 37.8 Å². The Morgan fingerprint density at radius 1 is 1.38 bits per heavy atom. The second-order valence-corrected chi connectivity index (χ2v) is 5.80. The highest BCUT2D eigenvalue weighted by Gasteiger charge is 2.45. The number of benzene rings is 1. The van der Waals surface area contributed by atoms with Crippen LogP contribution in [0.25, 0.3) is 0 Å². The van der Waals surface area contributed by atoms with E-state index in [-0.39, 0.29) is 11.8 Å². The Bertz CT molecular complexity index is 510. The highest BCUT2D eigenvalue weighted by atomic mass is 16.5. The molecule has 1 fully saturated rings. The summed E-state index contributed by atoms with van der Waals surface area (Å²) in [4.78, 5) is 24.2. The molecule has 5 heteroatoms. The van der Waals surface area contributed by atoms with Crippen LogP contribution in [0.2, 0.25) is 0 Å². The summed E-state index contributed by atoms with van der Waals surface area (Å²) in [5.74, 6) is -0.553. The summed E-state index contributed by atoms with van der Waals surface area (Å²) in [6.45, 7) is 1.72. The first-order chi connectivity index (χ1) is 9.95. The summed E-state index contributed by atoms with van der Waals surface area (Å²) in [6.07, 6.45) is 2.31. The van der Waals surface area contributed by atoms with Gasteiger partial charge in [0.05, 0.1) is 12.6 Å². The van der Waals surface area contributed by atoms with Crippen LogP contribution in [-0.2, 0) is 20.7 Å². The van der Waals surface area contributed by atoms with Crippen molar-refractivity contribution in [3.8, 4) is 0 Å². The Hall–Kier alpha value is -1.88. The van der Waals surface area contributed by atoms with Gasteiger partial charge in [-0.3, -0.25) is 4.79 Å². The fraction of sp³-hybridized carbons (Fsp3) is 0.500. The van der Waals surface area contributed by atoms with Crippen LogP contribution in [0.3, 0.4) is 0 Å². The van der Waals surface area contributed by atoms with Crippen molar-refractivity contribution < 1.29 is 14.3 Å². The first-order valence-electron chi connectivity index (χ1n) is 7.16. The first kappa shape index (κ1) is 15.5. The van der Waals surface area contributed by atoms with Crippen molar-refractivity contribution in [2.24, 2.45) is 11.7 Å². The Balaban J connectivity index is 2.06. The summed E-state index contributed by atoms with van der Waals surface area (Å²) in [6, 6.07) is 8.78. The maximum absolute atomic E-state index is 12.3. The maximum atomic E-state index is 12.3. The number of hydrogen-bond donors (Lipinski definition) is 2. The molecule has 0 bridgehead atoms. The molecular formula is C16H22N2O3. The van der Waals surface area contributed by atoms with Gasteiger partial charge in [-0.2, -0.15) is 0 Å². The first-order valence-corrected chi connectivity index (χ1v) is 7.16. The van der Waals surface area contributed by atoms with Crippen molar-refractivity contribution in [3.63, 3.8) is 0 Å². The van der Waals surface area contributed by atoms with Crippen molar-refractivity contribution >= 4 is 11.9 Å². The minimum absolute atomic E-state index is 0.201. The topological polar surface area (TPSA) is 81.4 Å². The fourth-order valence-electron chi connectivity index (χ4n) is 2.37. The van der Waals surface area contributed by atoms with E-state index >= 15 is 0 Å². The molecule has 0 aromatic heterocycles. The van der Waals surface area contributed by atoms with Crippen LogP contribution in [0.5, 0.6) is 0 Å². The number of nitrogens with two attached hydrogens (primary N) is 1. The van der Waals surface area contributed by atoms with Gasteiger partial charge >= 0.3 is 5.97 Å². The Morgan fingerprint density at radius 3 is 2.52 bits per heavy atom. The third-order valence-electron chi connectivity index (χ3n) is 3.99. The van der Waals surface area contributed by atoms with Gasteiger partial charge in [-0.05, 0) is 31.2 Å². The van der Waals surface area contributed by atoms with Gasteiger partial charge in [-0.1, -0.05) is 30.3 Å². The lowest BCUT2D eigenvalue weighted by molar-refractivity contribution is -0.145. The molecule has 1 aromatic carbocycles. The molecule has 0 aliphatic heterocycles. The molecule has 0 saturated heterocycles. The molecule has 1 aromatic rings. The average Bonchev–Trinajstić information content (AvgIpc) is 3.31. The standard InChI is InChI=1S/C16H22N2O3/c1-16(17,12-8-9-12)15(20)18-13(14(19)21-2)10-11-6-4-3-5-7-11/h3-7,12-13H,8-10,17H2,1-2H3,(H,18,20). The Labute approximate surface area is 124 Å². The van der Waals surface area contributed by atoms with Crippen molar-refractivity contribution in [1.29, 1.82) is 0 Å². The minimum atomic E-state index is -0.928. The van der Waals surface area contributed by atoms with Gasteiger partial charge < -0.3 is 15.8 Å². The Kier molecular flexibility index (Phi) is 4.63. The number of carbonyl (C=O) groups is 2. The van der Waals surface area contributed by atoms with E-state index in [1.54, 1.807) is 6.92 Å². The molecule has 0 radical (unpaired) electrons. The zero-order valence-electron chi connectivity index (χ0n) is 12.5. The van der Waals surface area contributed by atoms with E-state index in [4.69, 9.17) is 10.5 Å². The summed E-state index contributed by atoms with van der Waals surface area (Å²) >= 11 is 0. The van der Waals surface area contributed by atoms with Crippen molar-refractivity contribution in [2.75, 3.05) is 7.11 Å². The maximum Gasteiger partial charge on any atom is 0.328 e. The molecule has 2 unspecified atom stereocenters. The predicted octanol–water partition coefficient (Wildman–Crippen LogP) is 1.01. The number of nitrogens with one attached hydrogen (secondary N) is 1. The van der Waals surface area contributed by atoms with Gasteiger partial charge in [0.25, 0.3) is 0 Å². The summed E-state index contributed by atoms with van der Waals surface area (Å²) in [5.41, 5.74) is 6.11. The molecule has 1 aliphatic carbocycles. The van der Waals surface area contributed by atoms with Gasteiger partial charge in [-0.25, -0.2) is 4.79 Å². The van der Waals surface area contributed by atoms with E-state index < -0.39 is 17.6 Å². The minimum Gasteiger partial charge on any atom is -0.467 e. The normalized spacial score (nSPS) is 18.4. The second-order valence-electron chi connectivity index (χ2n) is 5.80. The number of methoxy groups -OCH3 is 1. The number of ether oxygens (including phenoxy) is 1. The second kappa shape index (κ2) is 6.26. The summed E-state index contributed by atoms with van der Waals surface area (Å²) in [7, 11) is 1.31. The third kappa shape index (κ3) is 3.82. The molecule has 1 saturated carbocycles. The molecule has 1 amide bonds. The van der Waals surface area contributed by atoms with Crippen LogP contribution in [0.4, 0.5) is 0 Å². The largest absolute Gasteiger partial charge is 0.467 e. The van der Waals surface area contributed by atoms with Gasteiger partial charge in [0.1, 0.15) is 6.04 Å². The van der Waals surface area contributed by atoms with Gasteiger partial charge in [0.2, 0.25) is 5.91 Å². The lowest BCUT2D eigenvalue weighted by Crippen LogP contribution is -2.57.